The fourth-order valence-corrected chi connectivity index (χ4v) is 5.87. The molecule has 4 heteroatoms. The quantitative estimate of drug-likeness (QED) is 0.753. The molecule has 0 unspecified atom stereocenters. The van der Waals surface area contributed by atoms with Gasteiger partial charge in [-0.3, -0.25) is 9.69 Å². The Morgan fingerprint density at radius 2 is 2.00 bits per heavy atom. The van der Waals surface area contributed by atoms with Gasteiger partial charge in [0.05, 0.1) is 7.11 Å². The van der Waals surface area contributed by atoms with Crippen LogP contribution in [-0.4, -0.2) is 41.4 Å². The van der Waals surface area contributed by atoms with Crippen molar-refractivity contribution in [3.63, 3.8) is 0 Å². The van der Waals surface area contributed by atoms with Crippen molar-refractivity contribution in [2.75, 3.05) is 20.2 Å². The number of rotatable bonds is 4. The SMILES string of the molecule is C#Cc1ccc([C@@H]2C[C@H]3CN(Cc4ccccc4OC)C(=O)[C@]34CCCN24)cc1. The third kappa shape index (κ3) is 2.68. The number of hydrogen-bond acceptors (Lipinski definition) is 3. The van der Waals surface area contributed by atoms with Gasteiger partial charge in [-0.25, -0.2) is 0 Å². The lowest BCUT2D eigenvalue weighted by atomic mass is 9.85. The van der Waals surface area contributed by atoms with Crippen LogP contribution >= 0.6 is 0 Å². The number of terminal acetylenes is 1. The number of methoxy groups -OCH3 is 1. The number of carbonyl (C=O) groups is 1. The van der Waals surface area contributed by atoms with E-state index in [-0.39, 0.29) is 5.54 Å². The fourth-order valence-electron chi connectivity index (χ4n) is 5.87. The average Bonchev–Trinajstić information content (AvgIpc) is 3.39. The minimum atomic E-state index is -0.322. The van der Waals surface area contributed by atoms with Crippen LogP contribution in [0.3, 0.4) is 0 Å². The van der Waals surface area contributed by atoms with E-state index in [0.29, 0.717) is 24.4 Å². The summed E-state index contributed by atoms with van der Waals surface area (Å²) in [5.74, 6) is 4.22. The molecule has 3 aliphatic rings. The van der Waals surface area contributed by atoms with Gasteiger partial charge in [-0.1, -0.05) is 36.3 Å². The van der Waals surface area contributed by atoms with Crippen molar-refractivity contribution in [1.82, 2.24) is 9.80 Å². The summed E-state index contributed by atoms with van der Waals surface area (Å²) >= 11 is 0. The van der Waals surface area contributed by atoms with E-state index < -0.39 is 0 Å². The molecule has 3 saturated heterocycles. The molecular formula is C25H26N2O2. The first-order valence-electron chi connectivity index (χ1n) is 10.4. The minimum absolute atomic E-state index is 0.300. The van der Waals surface area contributed by atoms with Gasteiger partial charge >= 0.3 is 0 Å². The molecule has 3 aliphatic heterocycles. The van der Waals surface area contributed by atoms with Crippen molar-refractivity contribution < 1.29 is 9.53 Å². The highest BCUT2D eigenvalue weighted by Gasteiger charge is 2.65. The predicted molar refractivity (Wildman–Crippen MR) is 112 cm³/mol. The predicted octanol–water partition coefficient (Wildman–Crippen LogP) is 3.61. The zero-order valence-electron chi connectivity index (χ0n) is 16.8. The molecule has 1 amide bonds. The summed E-state index contributed by atoms with van der Waals surface area (Å²) in [7, 11) is 1.69. The molecule has 0 N–H and O–H groups in total. The van der Waals surface area contributed by atoms with E-state index in [1.165, 1.54) is 5.56 Å². The van der Waals surface area contributed by atoms with E-state index in [1.807, 2.05) is 30.3 Å². The Balaban J connectivity index is 1.41. The number of carbonyl (C=O) groups excluding carboxylic acids is 1. The zero-order chi connectivity index (χ0) is 20.0. The van der Waals surface area contributed by atoms with Crippen LogP contribution < -0.4 is 4.74 Å². The van der Waals surface area contributed by atoms with Gasteiger partial charge in [0.15, 0.2) is 0 Å². The summed E-state index contributed by atoms with van der Waals surface area (Å²) < 4.78 is 5.50. The molecule has 1 spiro atoms. The van der Waals surface area contributed by atoms with E-state index in [1.54, 1.807) is 7.11 Å². The van der Waals surface area contributed by atoms with Gasteiger partial charge in [0, 0.05) is 36.2 Å². The standard InChI is InChI=1S/C25H26N2O2/c1-3-18-9-11-19(12-10-18)22-15-21-17-26(16-20-7-4-5-8-23(20)29-2)24(28)25(21)13-6-14-27(22)25/h1,4-5,7-12,21-22H,6,13-17H2,2H3/t21-,22-,25-/m0/s1. The Hall–Kier alpha value is -2.77. The maximum atomic E-state index is 13.7. The largest absolute Gasteiger partial charge is 0.496 e. The van der Waals surface area contributed by atoms with Gasteiger partial charge in [-0.15, -0.1) is 6.42 Å². The van der Waals surface area contributed by atoms with Crippen LogP contribution in [0.1, 0.15) is 42.0 Å². The molecule has 3 fully saturated rings. The molecular weight excluding hydrogens is 360 g/mol. The van der Waals surface area contributed by atoms with Crippen LogP contribution in [0.15, 0.2) is 48.5 Å². The van der Waals surface area contributed by atoms with Crippen LogP contribution in [0.5, 0.6) is 5.75 Å². The van der Waals surface area contributed by atoms with Crippen molar-refractivity contribution in [3.05, 3.63) is 65.2 Å². The lowest BCUT2D eigenvalue weighted by Gasteiger charge is -2.33. The second-order valence-corrected chi connectivity index (χ2v) is 8.43. The molecule has 5 rings (SSSR count). The Morgan fingerprint density at radius 3 is 2.76 bits per heavy atom. The molecule has 0 saturated carbocycles. The first-order chi connectivity index (χ1) is 14.2. The Bertz CT molecular complexity index is 977. The first kappa shape index (κ1) is 18.3. The summed E-state index contributed by atoms with van der Waals surface area (Å²) in [6, 6.07) is 16.6. The Labute approximate surface area is 172 Å². The molecule has 3 heterocycles. The van der Waals surface area contributed by atoms with Crippen LogP contribution in [0.25, 0.3) is 0 Å². The molecule has 148 valence electrons. The monoisotopic (exact) mass is 386 g/mol. The number of ether oxygens (including phenoxy) is 1. The lowest BCUT2D eigenvalue weighted by Crippen LogP contribution is -2.49. The summed E-state index contributed by atoms with van der Waals surface area (Å²) in [6.07, 6.45) is 8.60. The number of amides is 1. The van der Waals surface area contributed by atoms with E-state index in [0.717, 1.165) is 49.2 Å². The van der Waals surface area contributed by atoms with Crippen molar-refractivity contribution >= 4 is 5.91 Å². The van der Waals surface area contributed by atoms with Gasteiger partial charge in [0.1, 0.15) is 11.3 Å². The first-order valence-corrected chi connectivity index (χ1v) is 10.4. The van der Waals surface area contributed by atoms with Crippen molar-refractivity contribution in [2.24, 2.45) is 5.92 Å². The summed E-state index contributed by atoms with van der Waals surface area (Å²) in [5.41, 5.74) is 2.94. The summed E-state index contributed by atoms with van der Waals surface area (Å²) in [5, 5.41) is 0. The van der Waals surface area contributed by atoms with Gasteiger partial charge in [0.2, 0.25) is 5.91 Å². The third-order valence-corrected chi connectivity index (χ3v) is 7.14. The molecule has 0 aromatic heterocycles. The highest BCUT2D eigenvalue weighted by atomic mass is 16.5. The third-order valence-electron chi connectivity index (χ3n) is 7.14. The fraction of sp³-hybridized carbons (Fsp3) is 0.400. The topological polar surface area (TPSA) is 32.8 Å². The highest BCUT2D eigenvalue weighted by molar-refractivity contribution is 5.90. The summed E-state index contributed by atoms with van der Waals surface area (Å²) in [6.45, 7) is 2.44. The highest BCUT2D eigenvalue weighted by Crippen LogP contribution is 2.56. The lowest BCUT2D eigenvalue weighted by molar-refractivity contribution is -0.137. The van der Waals surface area contributed by atoms with Crippen molar-refractivity contribution in [2.45, 2.75) is 37.4 Å². The molecule has 0 aliphatic carbocycles. The average molecular weight is 386 g/mol. The van der Waals surface area contributed by atoms with Crippen LogP contribution in [-0.2, 0) is 11.3 Å². The minimum Gasteiger partial charge on any atom is -0.496 e. The normalized spacial score (nSPS) is 28.3. The second-order valence-electron chi connectivity index (χ2n) is 8.43. The van der Waals surface area contributed by atoms with Crippen LogP contribution in [0.4, 0.5) is 0 Å². The maximum Gasteiger partial charge on any atom is 0.243 e. The molecule has 0 radical (unpaired) electrons. The molecule has 29 heavy (non-hydrogen) atoms. The molecule has 3 atom stereocenters. The zero-order valence-corrected chi connectivity index (χ0v) is 16.8. The number of hydrogen-bond donors (Lipinski definition) is 0. The Morgan fingerprint density at radius 1 is 1.21 bits per heavy atom. The van der Waals surface area contributed by atoms with Crippen molar-refractivity contribution in [1.29, 1.82) is 0 Å². The van der Waals surface area contributed by atoms with Gasteiger partial charge < -0.3 is 9.64 Å². The van der Waals surface area contributed by atoms with E-state index >= 15 is 0 Å². The van der Waals surface area contributed by atoms with Gasteiger partial charge in [-0.2, -0.15) is 0 Å². The van der Waals surface area contributed by atoms with Crippen LogP contribution in [0, 0.1) is 18.3 Å². The number of nitrogens with zero attached hydrogens (tertiary/aromatic N) is 2. The van der Waals surface area contributed by atoms with Gasteiger partial charge in [0.25, 0.3) is 0 Å². The van der Waals surface area contributed by atoms with Gasteiger partial charge in [-0.05, 0) is 49.6 Å². The number of likely N-dealkylation sites (tertiary alicyclic amines) is 1. The maximum absolute atomic E-state index is 13.7. The number of para-hydroxylation sites is 1. The molecule has 0 bridgehead atoms. The van der Waals surface area contributed by atoms with E-state index in [4.69, 9.17) is 11.2 Å². The summed E-state index contributed by atoms with van der Waals surface area (Å²) in [4.78, 5) is 18.2. The smallest absolute Gasteiger partial charge is 0.243 e. The van der Waals surface area contributed by atoms with E-state index in [9.17, 15) is 4.79 Å². The molecule has 2 aromatic carbocycles. The second kappa shape index (κ2) is 6.93. The molecule has 4 nitrogen and oxygen atoms in total. The van der Waals surface area contributed by atoms with Crippen LogP contribution in [0.2, 0.25) is 0 Å². The number of benzene rings is 2. The molecule has 2 aromatic rings. The van der Waals surface area contributed by atoms with E-state index in [2.05, 4.69) is 33.9 Å². The van der Waals surface area contributed by atoms with Crippen molar-refractivity contribution in [3.8, 4) is 18.1 Å². The Kier molecular flexibility index (Phi) is 4.37.